The van der Waals surface area contributed by atoms with Crippen LogP contribution < -0.4 is 15.8 Å². The normalized spacial score (nSPS) is 27.5. The fourth-order valence-corrected chi connectivity index (χ4v) is 5.10. The Kier molecular flexibility index (Phi) is 6.51. The van der Waals surface area contributed by atoms with Crippen LogP contribution >= 0.6 is 12.4 Å². The Balaban J connectivity index is 0.00000225. The van der Waals surface area contributed by atoms with Gasteiger partial charge in [0.1, 0.15) is 5.75 Å². The number of hydrogen-bond donors (Lipinski definition) is 2. The number of nitrogens with one attached hydrogen (secondary N) is 1. The Hall–Kier alpha value is -1.78. The van der Waals surface area contributed by atoms with Crippen LogP contribution in [0, 0.1) is 11.8 Å². The fourth-order valence-electron chi connectivity index (χ4n) is 5.10. The molecule has 1 amide bonds. The molecule has 5 heteroatoms. The van der Waals surface area contributed by atoms with Crippen LogP contribution in [-0.4, -0.2) is 25.1 Å². The van der Waals surface area contributed by atoms with Crippen molar-refractivity contribution in [3.8, 4) is 5.75 Å². The number of halogens is 1. The number of carbonyl (C=O) groups is 1. The minimum atomic E-state index is -0.159. The zero-order valence-electron chi connectivity index (χ0n) is 16.7. The summed E-state index contributed by atoms with van der Waals surface area (Å²) in [6.45, 7) is 2.00. The van der Waals surface area contributed by atoms with Gasteiger partial charge in [0.05, 0.1) is 13.0 Å². The smallest absolute Gasteiger partial charge is 0.227 e. The highest BCUT2D eigenvalue weighted by atomic mass is 35.5. The van der Waals surface area contributed by atoms with Crippen molar-refractivity contribution in [2.24, 2.45) is 17.6 Å². The molecule has 3 N–H and O–H groups in total. The Morgan fingerprint density at radius 2 is 1.75 bits per heavy atom. The lowest BCUT2D eigenvalue weighted by atomic mass is 9.67. The molecule has 2 aliphatic carbocycles. The number of amides is 1. The first-order valence-electron chi connectivity index (χ1n) is 10.2. The number of hydrogen-bond acceptors (Lipinski definition) is 3. The molecule has 2 aliphatic rings. The lowest BCUT2D eigenvalue weighted by Crippen LogP contribution is -2.54. The van der Waals surface area contributed by atoms with Crippen LogP contribution in [-0.2, 0) is 4.79 Å². The van der Waals surface area contributed by atoms with Crippen LogP contribution in [0.1, 0.15) is 50.5 Å². The van der Waals surface area contributed by atoms with Crippen LogP contribution in [0.15, 0.2) is 36.4 Å². The summed E-state index contributed by atoms with van der Waals surface area (Å²) >= 11 is 0. The van der Waals surface area contributed by atoms with Gasteiger partial charge < -0.3 is 15.8 Å². The van der Waals surface area contributed by atoms with Crippen LogP contribution in [0.2, 0.25) is 0 Å². The van der Waals surface area contributed by atoms with Crippen LogP contribution in [0.3, 0.4) is 0 Å². The van der Waals surface area contributed by atoms with Gasteiger partial charge in [0.15, 0.2) is 0 Å². The van der Waals surface area contributed by atoms with Gasteiger partial charge in [0.25, 0.3) is 0 Å². The predicted molar refractivity (Wildman–Crippen MR) is 116 cm³/mol. The number of benzene rings is 2. The summed E-state index contributed by atoms with van der Waals surface area (Å²) in [7, 11) is 1.68. The van der Waals surface area contributed by atoms with E-state index in [0.29, 0.717) is 23.9 Å². The monoisotopic (exact) mass is 402 g/mol. The number of ether oxygens (including phenoxy) is 1. The predicted octanol–water partition coefficient (Wildman–Crippen LogP) is 4.40. The lowest BCUT2D eigenvalue weighted by molar-refractivity contribution is -0.124. The molecule has 0 aliphatic heterocycles. The van der Waals surface area contributed by atoms with Crippen molar-refractivity contribution in [2.75, 3.05) is 7.11 Å². The minimum absolute atomic E-state index is 0. The average Bonchev–Trinajstić information content (AvgIpc) is 2.67. The number of rotatable bonds is 4. The Bertz CT molecular complexity index is 826. The molecule has 152 valence electrons. The molecule has 2 bridgehead atoms. The van der Waals surface area contributed by atoms with Crippen molar-refractivity contribution >= 4 is 29.1 Å². The molecule has 0 saturated heterocycles. The third-order valence-electron chi connectivity index (χ3n) is 6.65. The van der Waals surface area contributed by atoms with E-state index in [1.807, 2.05) is 19.1 Å². The molecule has 4 nitrogen and oxygen atoms in total. The molecule has 2 saturated carbocycles. The molecule has 2 aromatic rings. The van der Waals surface area contributed by atoms with Crippen LogP contribution in [0.4, 0.5) is 0 Å². The van der Waals surface area contributed by atoms with Crippen molar-refractivity contribution in [1.29, 1.82) is 0 Å². The third kappa shape index (κ3) is 4.13. The molecule has 0 radical (unpaired) electrons. The maximum atomic E-state index is 13.0. The van der Waals surface area contributed by atoms with Gasteiger partial charge in [-0.3, -0.25) is 4.79 Å². The molecule has 3 unspecified atom stereocenters. The van der Waals surface area contributed by atoms with Gasteiger partial charge in [-0.1, -0.05) is 30.7 Å². The number of fused-ring (bicyclic) bond motifs is 3. The van der Waals surface area contributed by atoms with Crippen molar-refractivity contribution in [3.05, 3.63) is 42.0 Å². The number of methoxy groups -OCH3 is 1. The Morgan fingerprint density at radius 1 is 1.11 bits per heavy atom. The summed E-state index contributed by atoms with van der Waals surface area (Å²) in [5.74, 6) is 1.93. The van der Waals surface area contributed by atoms with Gasteiger partial charge in [-0.15, -0.1) is 12.4 Å². The molecule has 2 aromatic carbocycles. The van der Waals surface area contributed by atoms with E-state index in [-0.39, 0.29) is 24.2 Å². The highest BCUT2D eigenvalue weighted by molar-refractivity contribution is 5.88. The highest BCUT2D eigenvalue weighted by Crippen LogP contribution is 2.40. The molecule has 0 spiro atoms. The van der Waals surface area contributed by atoms with Gasteiger partial charge in [-0.25, -0.2) is 0 Å². The van der Waals surface area contributed by atoms with Crippen molar-refractivity contribution in [2.45, 2.75) is 57.0 Å². The highest BCUT2D eigenvalue weighted by Gasteiger charge is 2.40. The van der Waals surface area contributed by atoms with Crippen molar-refractivity contribution in [3.63, 3.8) is 0 Å². The molecule has 28 heavy (non-hydrogen) atoms. The van der Waals surface area contributed by atoms with Gasteiger partial charge in [0, 0.05) is 12.1 Å². The summed E-state index contributed by atoms with van der Waals surface area (Å²) in [4.78, 5) is 13.0. The van der Waals surface area contributed by atoms with E-state index in [1.165, 1.54) is 19.3 Å². The topological polar surface area (TPSA) is 64.3 Å². The maximum absolute atomic E-state index is 13.0. The minimum Gasteiger partial charge on any atom is -0.497 e. The van der Waals surface area contributed by atoms with E-state index in [0.717, 1.165) is 34.9 Å². The van der Waals surface area contributed by atoms with E-state index in [9.17, 15) is 4.79 Å². The van der Waals surface area contributed by atoms with E-state index in [1.54, 1.807) is 7.11 Å². The van der Waals surface area contributed by atoms with Crippen molar-refractivity contribution < 1.29 is 9.53 Å². The first kappa shape index (κ1) is 20.9. The Morgan fingerprint density at radius 3 is 2.43 bits per heavy atom. The molecule has 3 atom stereocenters. The molecular formula is C23H31ClN2O2. The first-order valence-corrected chi connectivity index (χ1v) is 10.2. The molecular weight excluding hydrogens is 372 g/mol. The lowest BCUT2D eigenvalue weighted by Gasteiger charge is -2.45. The molecule has 0 heterocycles. The van der Waals surface area contributed by atoms with E-state index in [2.05, 4.69) is 29.6 Å². The van der Waals surface area contributed by atoms with Crippen molar-refractivity contribution in [1.82, 2.24) is 5.32 Å². The molecule has 0 aromatic heterocycles. The summed E-state index contributed by atoms with van der Waals surface area (Å²) in [6, 6.07) is 12.9. The quantitative estimate of drug-likeness (QED) is 0.796. The summed E-state index contributed by atoms with van der Waals surface area (Å²) < 4.78 is 5.29. The van der Waals surface area contributed by atoms with E-state index < -0.39 is 0 Å². The number of carbonyl (C=O) groups excluding carboxylic acids is 1. The maximum Gasteiger partial charge on any atom is 0.227 e. The van der Waals surface area contributed by atoms with Gasteiger partial charge >= 0.3 is 0 Å². The second-order valence-corrected chi connectivity index (χ2v) is 8.41. The van der Waals surface area contributed by atoms with Crippen LogP contribution in [0.5, 0.6) is 5.75 Å². The standard InChI is InChI=1S/C23H30N2O2.ClH/c1-14(15-6-7-17-13-21(27-2)9-8-16(17)10-15)23(26)25-22-18-4-3-5-19(22)12-20(24)11-18;/h6-10,13-14,18-20,22H,3-5,11-12,24H2,1-2H3,(H,25,26);1H. The largest absolute Gasteiger partial charge is 0.497 e. The van der Waals surface area contributed by atoms with Gasteiger partial charge in [-0.2, -0.15) is 0 Å². The fraction of sp³-hybridized carbons (Fsp3) is 0.522. The zero-order chi connectivity index (χ0) is 19.0. The zero-order valence-corrected chi connectivity index (χ0v) is 17.5. The number of nitrogens with two attached hydrogens (primary N) is 1. The van der Waals surface area contributed by atoms with Gasteiger partial charge in [-0.05, 0) is 72.9 Å². The summed E-state index contributed by atoms with van der Waals surface area (Å²) in [6.07, 6.45) is 5.77. The second-order valence-electron chi connectivity index (χ2n) is 8.41. The third-order valence-corrected chi connectivity index (χ3v) is 6.65. The first-order chi connectivity index (χ1) is 13.0. The van der Waals surface area contributed by atoms with E-state index in [4.69, 9.17) is 10.5 Å². The average molecular weight is 403 g/mol. The summed E-state index contributed by atoms with van der Waals surface area (Å²) in [5.41, 5.74) is 7.28. The summed E-state index contributed by atoms with van der Waals surface area (Å²) in [5, 5.41) is 5.65. The molecule has 2 fully saturated rings. The second kappa shape index (κ2) is 8.71. The SMILES string of the molecule is COc1ccc2cc(C(C)C(=O)NC3C4CCCC3CC(N)C4)ccc2c1.Cl. The van der Waals surface area contributed by atoms with E-state index >= 15 is 0 Å². The Labute approximate surface area is 173 Å². The molecule has 4 rings (SSSR count). The van der Waals surface area contributed by atoms with Crippen LogP contribution in [0.25, 0.3) is 10.8 Å². The van der Waals surface area contributed by atoms with Gasteiger partial charge in [0.2, 0.25) is 5.91 Å².